The Kier molecular flexibility index (Phi) is 11.7. The van der Waals surface area contributed by atoms with Crippen LogP contribution in [0.25, 0.3) is 0 Å². The van der Waals surface area contributed by atoms with E-state index in [1.807, 2.05) is 0 Å². The van der Waals surface area contributed by atoms with Crippen LogP contribution in [0.5, 0.6) is 0 Å². The van der Waals surface area contributed by atoms with E-state index in [1.165, 1.54) is 38.5 Å². The standard InChI is InChI=1S/C16H30O3/c1-4-5-6-7-8-9-10-11-15(17)12-13-19-16(18)14(2)3/h15,17H,2,4-13H2,1,3H3. The number of esters is 1. The van der Waals surface area contributed by atoms with Crippen molar-refractivity contribution in [3.05, 3.63) is 12.2 Å². The summed E-state index contributed by atoms with van der Waals surface area (Å²) in [6.45, 7) is 7.63. The van der Waals surface area contributed by atoms with Crippen molar-refractivity contribution in [2.45, 2.75) is 77.7 Å². The second-order valence-electron chi connectivity index (χ2n) is 5.27. The van der Waals surface area contributed by atoms with E-state index in [9.17, 15) is 9.90 Å². The maximum atomic E-state index is 11.1. The first kappa shape index (κ1) is 18.2. The van der Waals surface area contributed by atoms with Crippen molar-refractivity contribution in [3.63, 3.8) is 0 Å². The Morgan fingerprint density at radius 3 is 2.26 bits per heavy atom. The Hall–Kier alpha value is -0.830. The Labute approximate surface area is 118 Å². The van der Waals surface area contributed by atoms with Crippen LogP contribution in [0.4, 0.5) is 0 Å². The van der Waals surface area contributed by atoms with Crippen LogP contribution in [-0.2, 0) is 9.53 Å². The molecule has 0 saturated heterocycles. The number of ether oxygens (including phenoxy) is 1. The highest BCUT2D eigenvalue weighted by Crippen LogP contribution is 2.11. The molecule has 0 aromatic rings. The van der Waals surface area contributed by atoms with Gasteiger partial charge in [0, 0.05) is 12.0 Å². The highest BCUT2D eigenvalue weighted by molar-refractivity contribution is 5.86. The Morgan fingerprint density at radius 1 is 1.11 bits per heavy atom. The van der Waals surface area contributed by atoms with Gasteiger partial charge >= 0.3 is 5.97 Å². The largest absolute Gasteiger partial charge is 0.462 e. The van der Waals surface area contributed by atoms with Crippen LogP contribution in [0.3, 0.4) is 0 Å². The molecule has 0 fully saturated rings. The van der Waals surface area contributed by atoms with Crippen molar-refractivity contribution in [2.24, 2.45) is 0 Å². The molecule has 0 aromatic heterocycles. The van der Waals surface area contributed by atoms with Crippen LogP contribution in [0.2, 0.25) is 0 Å². The van der Waals surface area contributed by atoms with Gasteiger partial charge in [0.25, 0.3) is 0 Å². The van der Waals surface area contributed by atoms with Gasteiger partial charge in [-0.05, 0) is 13.3 Å². The molecule has 1 unspecified atom stereocenters. The van der Waals surface area contributed by atoms with Gasteiger partial charge in [0.1, 0.15) is 0 Å². The Balaban J connectivity index is 3.32. The summed E-state index contributed by atoms with van der Waals surface area (Å²) in [7, 11) is 0. The summed E-state index contributed by atoms with van der Waals surface area (Å²) in [5, 5.41) is 9.73. The minimum Gasteiger partial charge on any atom is -0.462 e. The molecule has 0 saturated carbocycles. The lowest BCUT2D eigenvalue weighted by atomic mass is 10.1. The van der Waals surface area contributed by atoms with Gasteiger partial charge in [-0.25, -0.2) is 4.79 Å². The van der Waals surface area contributed by atoms with E-state index < -0.39 is 0 Å². The SMILES string of the molecule is C=C(C)C(=O)OCCC(O)CCCCCCCCC. The van der Waals surface area contributed by atoms with E-state index in [0.717, 1.165) is 12.8 Å². The summed E-state index contributed by atoms with van der Waals surface area (Å²) in [6.07, 6.45) is 9.72. The van der Waals surface area contributed by atoms with E-state index in [0.29, 0.717) is 12.0 Å². The van der Waals surface area contributed by atoms with Crippen molar-refractivity contribution in [1.82, 2.24) is 0 Å². The molecule has 0 aliphatic heterocycles. The highest BCUT2D eigenvalue weighted by Gasteiger charge is 2.07. The number of hydrogen-bond acceptors (Lipinski definition) is 3. The molecule has 112 valence electrons. The first-order valence-corrected chi connectivity index (χ1v) is 7.58. The Bertz CT molecular complexity index is 248. The molecule has 0 spiro atoms. The first-order valence-electron chi connectivity index (χ1n) is 7.58. The van der Waals surface area contributed by atoms with Gasteiger partial charge in [-0.2, -0.15) is 0 Å². The van der Waals surface area contributed by atoms with Gasteiger partial charge in [0.05, 0.1) is 12.7 Å². The van der Waals surface area contributed by atoms with Crippen molar-refractivity contribution >= 4 is 5.97 Å². The lowest BCUT2D eigenvalue weighted by Crippen LogP contribution is -2.13. The van der Waals surface area contributed by atoms with Crippen LogP contribution in [0.1, 0.15) is 71.6 Å². The molecule has 19 heavy (non-hydrogen) atoms. The monoisotopic (exact) mass is 270 g/mol. The molecule has 3 heteroatoms. The van der Waals surface area contributed by atoms with Gasteiger partial charge in [-0.15, -0.1) is 0 Å². The minimum absolute atomic E-state index is 0.281. The van der Waals surface area contributed by atoms with Crippen LogP contribution in [-0.4, -0.2) is 23.8 Å². The fraction of sp³-hybridized carbons (Fsp3) is 0.812. The molecule has 0 rings (SSSR count). The predicted octanol–water partition coefficient (Wildman–Crippen LogP) is 4.00. The zero-order valence-electron chi connectivity index (χ0n) is 12.6. The molecular weight excluding hydrogens is 240 g/mol. The van der Waals surface area contributed by atoms with Crippen LogP contribution < -0.4 is 0 Å². The molecule has 0 aliphatic carbocycles. The summed E-state index contributed by atoms with van der Waals surface area (Å²) >= 11 is 0. The molecule has 1 N–H and O–H groups in total. The average Bonchev–Trinajstić information content (AvgIpc) is 2.37. The van der Waals surface area contributed by atoms with Gasteiger partial charge in [-0.3, -0.25) is 0 Å². The lowest BCUT2D eigenvalue weighted by Gasteiger charge is -2.10. The van der Waals surface area contributed by atoms with E-state index in [1.54, 1.807) is 6.92 Å². The van der Waals surface area contributed by atoms with Gasteiger partial charge in [-0.1, -0.05) is 58.4 Å². The molecule has 0 amide bonds. The lowest BCUT2D eigenvalue weighted by molar-refractivity contribution is -0.139. The maximum Gasteiger partial charge on any atom is 0.333 e. The summed E-state index contributed by atoms with van der Waals surface area (Å²) < 4.78 is 4.95. The summed E-state index contributed by atoms with van der Waals surface area (Å²) in [4.78, 5) is 11.1. The predicted molar refractivity (Wildman–Crippen MR) is 79.0 cm³/mol. The molecule has 0 heterocycles. The zero-order valence-corrected chi connectivity index (χ0v) is 12.6. The molecule has 0 aliphatic rings. The van der Waals surface area contributed by atoms with E-state index in [2.05, 4.69) is 13.5 Å². The third-order valence-corrected chi connectivity index (χ3v) is 3.17. The van der Waals surface area contributed by atoms with E-state index >= 15 is 0 Å². The third-order valence-electron chi connectivity index (χ3n) is 3.17. The van der Waals surface area contributed by atoms with Crippen LogP contribution in [0, 0.1) is 0 Å². The highest BCUT2D eigenvalue weighted by atomic mass is 16.5. The van der Waals surface area contributed by atoms with Crippen molar-refractivity contribution in [2.75, 3.05) is 6.61 Å². The second-order valence-corrected chi connectivity index (χ2v) is 5.27. The number of hydrogen-bond donors (Lipinski definition) is 1. The molecular formula is C16H30O3. The first-order chi connectivity index (χ1) is 9.07. The van der Waals surface area contributed by atoms with E-state index in [4.69, 9.17) is 4.74 Å². The zero-order chi connectivity index (χ0) is 14.5. The number of aliphatic hydroxyl groups excluding tert-OH is 1. The van der Waals surface area contributed by atoms with Crippen LogP contribution >= 0.6 is 0 Å². The summed E-state index contributed by atoms with van der Waals surface area (Å²) in [5.41, 5.74) is 0.404. The third kappa shape index (κ3) is 12.0. The molecule has 3 nitrogen and oxygen atoms in total. The van der Waals surface area contributed by atoms with Crippen molar-refractivity contribution < 1.29 is 14.6 Å². The van der Waals surface area contributed by atoms with Crippen molar-refractivity contribution in [3.8, 4) is 0 Å². The van der Waals surface area contributed by atoms with Crippen LogP contribution in [0.15, 0.2) is 12.2 Å². The minimum atomic E-state index is -0.372. The summed E-state index contributed by atoms with van der Waals surface area (Å²) in [5.74, 6) is -0.372. The summed E-state index contributed by atoms with van der Waals surface area (Å²) in [6, 6.07) is 0. The van der Waals surface area contributed by atoms with Crippen molar-refractivity contribution in [1.29, 1.82) is 0 Å². The Morgan fingerprint density at radius 2 is 1.68 bits per heavy atom. The smallest absolute Gasteiger partial charge is 0.333 e. The van der Waals surface area contributed by atoms with Gasteiger partial charge < -0.3 is 9.84 Å². The number of carbonyl (C=O) groups excluding carboxylic acids is 1. The second kappa shape index (κ2) is 12.2. The average molecular weight is 270 g/mol. The topological polar surface area (TPSA) is 46.5 Å². The molecule has 1 atom stereocenters. The van der Waals surface area contributed by atoms with Gasteiger partial charge in [0.2, 0.25) is 0 Å². The fourth-order valence-corrected chi connectivity index (χ4v) is 1.89. The molecule has 0 bridgehead atoms. The normalized spacial score (nSPS) is 12.2. The number of aliphatic hydroxyl groups is 1. The maximum absolute atomic E-state index is 11.1. The van der Waals surface area contributed by atoms with Gasteiger partial charge in [0.15, 0.2) is 0 Å². The number of unbranched alkanes of at least 4 members (excludes halogenated alkanes) is 6. The quantitative estimate of drug-likeness (QED) is 0.331. The number of carbonyl (C=O) groups is 1. The number of rotatable bonds is 12. The molecule has 0 radical (unpaired) electrons. The molecule has 0 aromatic carbocycles. The van der Waals surface area contributed by atoms with E-state index in [-0.39, 0.29) is 18.7 Å². The fourth-order valence-electron chi connectivity index (χ4n) is 1.89.